The molecule has 0 radical (unpaired) electrons. The summed E-state index contributed by atoms with van der Waals surface area (Å²) in [5.74, 6) is 0. The predicted octanol–water partition coefficient (Wildman–Crippen LogP) is 2.02. The van der Waals surface area contributed by atoms with Gasteiger partial charge in [0.15, 0.2) is 10.2 Å². The van der Waals surface area contributed by atoms with E-state index in [1.807, 2.05) is 0 Å². The van der Waals surface area contributed by atoms with Crippen LogP contribution in [0.15, 0.2) is 10.8 Å². The highest BCUT2D eigenvalue weighted by Crippen LogP contribution is 2.09. The number of rotatable bonds is 2. The number of thioether (sulfide) groups is 2. The third-order valence-corrected chi connectivity index (χ3v) is 1.90. The highest BCUT2D eigenvalue weighted by Gasteiger charge is 1.88. The Morgan fingerprint density at radius 3 is 1.50 bits per heavy atom. The van der Waals surface area contributed by atoms with Gasteiger partial charge in [0.05, 0.1) is 0 Å². The van der Waals surface area contributed by atoms with E-state index >= 15 is 0 Å². The summed E-state index contributed by atoms with van der Waals surface area (Å²) in [6, 6.07) is 0. The Morgan fingerprint density at radius 1 is 1.00 bits per heavy atom. The number of hydrogen-bond donors (Lipinski definition) is 0. The molecule has 0 aliphatic heterocycles. The molecule has 4 heteroatoms. The first-order chi connectivity index (χ1) is 4.63. The lowest BCUT2D eigenvalue weighted by Gasteiger charge is -1.83. The molecule has 0 atom stereocenters. The molecule has 0 aliphatic rings. The second-order valence-electron chi connectivity index (χ2n) is 1.49. The van der Waals surface area contributed by atoms with Crippen LogP contribution in [0, 0.1) is 0 Å². The van der Waals surface area contributed by atoms with Gasteiger partial charge in [-0.3, -0.25) is 9.59 Å². The van der Waals surface area contributed by atoms with Crippen LogP contribution >= 0.6 is 23.5 Å². The third kappa shape index (κ3) is 7.78. The molecule has 0 bridgehead atoms. The maximum absolute atomic E-state index is 10.3. The molecular formula is C6H8O2S2. The molecule has 0 unspecified atom stereocenters. The van der Waals surface area contributed by atoms with Gasteiger partial charge in [0, 0.05) is 13.8 Å². The van der Waals surface area contributed by atoms with Gasteiger partial charge in [-0.15, -0.1) is 0 Å². The Labute approximate surface area is 68.4 Å². The molecule has 0 rings (SSSR count). The van der Waals surface area contributed by atoms with E-state index < -0.39 is 0 Å². The summed E-state index contributed by atoms with van der Waals surface area (Å²) in [7, 11) is 0. The molecule has 0 amide bonds. The van der Waals surface area contributed by atoms with Gasteiger partial charge in [0.25, 0.3) is 0 Å². The number of carbonyl (C=O) groups excluding carboxylic acids is 2. The minimum Gasteiger partial charge on any atom is -0.287 e. The van der Waals surface area contributed by atoms with E-state index in [0.29, 0.717) is 0 Å². The van der Waals surface area contributed by atoms with E-state index in [4.69, 9.17) is 0 Å². The summed E-state index contributed by atoms with van der Waals surface area (Å²) >= 11 is 2.16. The van der Waals surface area contributed by atoms with Crippen LogP contribution in [0.25, 0.3) is 0 Å². The molecule has 0 fully saturated rings. The van der Waals surface area contributed by atoms with Crippen LogP contribution in [0.3, 0.4) is 0 Å². The first-order valence-electron chi connectivity index (χ1n) is 2.62. The Hall–Kier alpha value is -0.220. The summed E-state index contributed by atoms with van der Waals surface area (Å²) in [6.45, 7) is 2.96. The highest BCUT2D eigenvalue weighted by atomic mass is 32.2. The minimum absolute atomic E-state index is 0.0282. The van der Waals surface area contributed by atoms with Gasteiger partial charge in [0.1, 0.15) is 0 Å². The highest BCUT2D eigenvalue weighted by molar-refractivity contribution is 8.19. The fourth-order valence-electron chi connectivity index (χ4n) is 0.247. The van der Waals surface area contributed by atoms with Crippen molar-refractivity contribution in [1.29, 1.82) is 0 Å². The van der Waals surface area contributed by atoms with Gasteiger partial charge < -0.3 is 0 Å². The maximum Gasteiger partial charge on any atom is 0.190 e. The zero-order chi connectivity index (χ0) is 7.98. The van der Waals surface area contributed by atoms with Crippen LogP contribution in [0.1, 0.15) is 13.8 Å². The van der Waals surface area contributed by atoms with Crippen molar-refractivity contribution in [3.05, 3.63) is 10.8 Å². The smallest absolute Gasteiger partial charge is 0.190 e. The molecule has 10 heavy (non-hydrogen) atoms. The van der Waals surface area contributed by atoms with E-state index in [0.717, 1.165) is 23.5 Å². The average molecular weight is 176 g/mol. The van der Waals surface area contributed by atoms with Gasteiger partial charge in [-0.05, 0) is 10.8 Å². The van der Waals surface area contributed by atoms with Gasteiger partial charge in [-0.1, -0.05) is 23.5 Å². The summed E-state index contributed by atoms with van der Waals surface area (Å²) in [6.07, 6.45) is 0. The van der Waals surface area contributed by atoms with Gasteiger partial charge in [-0.25, -0.2) is 0 Å². The zero-order valence-corrected chi connectivity index (χ0v) is 7.42. The lowest BCUT2D eigenvalue weighted by atomic mass is 10.9. The van der Waals surface area contributed by atoms with Crippen molar-refractivity contribution >= 4 is 33.8 Å². The zero-order valence-electron chi connectivity index (χ0n) is 5.79. The lowest BCUT2D eigenvalue weighted by Crippen LogP contribution is -1.75. The van der Waals surface area contributed by atoms with Crippen LogP contribution in [0.4, 0.5) is 0 Å². The quantitative estimate of drug-likeness (QED) is 0.644. The van der Waals surface area contributed by atoms with Crippen LogP contribution in [0.5, 0.6) is 0 Å². The van der Waals surface area contributed by atoms with Crippen molar-refractivity contribution in [3.8, 4) is 0 Å². The second-order valence-corrected chi connectivity index (χ2v) is 3.66. The molecule has 56 valence electrons. The molecule has 0 aromatic rings. The largest absolute Gasteiger partial charge is 0.287 e. The standard InChI is InChI=1S/C6H8O2S2/c1-5(7)9-3-4-10-6(2)8/h3-4H,1-2H3/b4-3-. The van der Waals surface area contributed by atoms with E-state index in [9.17, 15) is 9.59 Å². The van der Waals surface area contributed by atoms with Crippen molar-refractivity contribution in [1.82, 2.24) is 0 Å². The molecule has 0 N–H and O–H groups in total. The van der Waals surface area contributed by atoms with Gasteiger partial charge in [-0.2, -0.15) is 0 Å². The predicted molar refractivity (Wildman–Crippen MR) is 45.7 cm³/mol. The van der Waals surface area contributed by atoms with Crippen molar-refractivity contribution in [2.45, 2.75) is 13.8 Å². The normalized spacial score (nSPS) is 10.2. The summed E-state index contributed by atoms with van der Waals surface area (Å²) < 4.78 is 0. The maximum atomic E-state index is 10.3. The monoisotopic (exact) mass is 176 g/mol. The second kappa shape index (κ2) is 5.56. The first kappa shape index (κ1) is 9.78. The summed E-state index contributed by atoms with van der Waals surface area (Å²) in [4.78, 5) is 20.6. The van der Waals surface area contributed by atoms with Crippen molar-refractivity contribution in [3.63, 3.8) is 0 Å². The lowest BCUT2D eigenvalue weighted by molar-refractivity contribution is -0.109. The minimum atomic E-state index is 0.0282. The Balaban J connectivity index is 3.38. The van der Waals surface area contributed by atoms with Gasteiger partial charge in [0.2, 0.25) is 0 Å². The van der Waals surface area contributed by atoms with E-state index in [-0.39, 0.29) is 10.2 Å². The summed E-state index contributed by atoms with van der Waals surface area (Å²) in [5, 5.41) is 3.27. The third-order valence-electron chi connectivity index (χ3n) is 0.524. The van der Waals surface area contributed by atoms with Gasteiger partial charge >= 0.3 is 0 Å². The van der Waals surface area contributed by atoms with Crippen LogP contribution in [0.2, 0.25) is 0 Å². The molecule has 0 saturated carbocycles. The van der Waals surface area contributed by atoms with Crippen molar-refractivity contribution in [2.24, 2.45) is 0 Å². The fraction of sp³-hybridized carbons (Fsp3) is 0.333. The topological polar surface area (TPSA) is 34.1 Å². The van der Waals surface area contributed by atoms with Crippen LogP contribution in [-0.4, -0.2) is 10.2 Å². The SMILES string of the molecule is CC(=O)S/C=C\SC(C)=O. The molecule has 0 heterocycles. The number of hydrogen-bond acceptors (Lipinski definition) is 4. The average Bonchev–Trinajstić information content (AvgIpc) is 1.79. The molecule has 0 aromatic carbocycles. The summed E-state index contributed by atoms with van der Waals surface area (Å²) in [5.41, 5.74) is 0. The van der Waals surface area contributed by atoms with Crippen LogP contribution in [-0.2, 0) is 9.59 Å². The molecule has 0 saturated heterocycles. The Morgan fingerprint density at radius 2 is 1.30 bits per heavy atom. The van der Waals surface area contributed by atoms with Crippen molar-refractivity contribution < 1.29 is 9.59 Å². The first-order valence-corrected chi connectivity index (χ1v) is 4.38. The van der Waals surface area contributed by atoms with E-state index in [1.54, 1.807) is 10.8 Å². The molecule has 0 aromatic heterocycles. The molecular weight excluding hydrogens is 168 g/mol. The van der Waals surface area contributed by atoms with Crippen molar-refractivity contribution in [2.75, 3.05) is 0 Å². The fourth-order valence-corrected chi connectivity index (χ4v) is 1.07. The Kier molecular flexibility index (Phi) is 5.43. The van der Waals surface area contributed by atoms with E-state index in [2.05, 4.69) is 0 Å². The molecule has 2 nitrogen and oxygen atoms in total. The van der Waals surface area contributed by atoms with E-state index in [1.165, 1.54) is 13.8 Å². The molecule has 0 spiro atoms. The Bertz CT molecular complexity index is 145. The number of carbonyl (C=O) groups is 2. The van der Waals surface area contributed by atoms with Crippen LogP contribution < -0.4 is 0 Å². The molecule has 0 aliphatic carbocycles.